The number of hydrogen-bond acceptors (Lipinski definition) is 3. The summed E-state index contributed by atoms with van der Waals surface area (Å²) in [7, 11) is 4.00. The van der Waals surface area contributed by atoms with Crippen LogP contribution >= 0.6 is 0 Å². The minimum atomic E-state index is -0.458. The molecule has 5 heteroatoms. The van der Waals surface area contributed by atoms with Crippen molar-refractivity contribution in [1.29, 1.82) is 0 Å². The van der Waals surface area contributed by atoms with Gasteiger partial charge in [-0.1, -0.05) is 55.4 Å². The first-order chi connectivity index (χ1) is 13.5. The molecule has 30 heavy (non-hydrogen) atoms. The van der Waals surface area contributed by atoms with E-state index >= 15 is 0 Å². The molecular formula is C25H43N3O2. The lowest BCUT2D eigenvalue weighted by molar-refractivity contribution is -0.143. The molecule has 1 atom stereocenters. The lowest BCUT2D eigenvalue weighted by Gasteiger charge is -2.37. The fraction of sp³-hybridized carbons (Fsp3) is 0.680. The second-order valence-corrected chi connectivity index (χ2v) is 11.2. The van der Waals surface area contributed by atoms with Crippen LogP contribution in [0.3, 0.4) is 0 Å². The first kappa shape index (κ1) is 26.0. The molecule has 0 saturated carbocycles. The van der Waals surface area contributed by atoms with Crippen LogP contribution in [0.25, 0.3) is 0 Å². The van der Waals surface area contributed by atoms with Gasteiger partial charge in [0, 0.05) is 49.9 Å². The summed E-state index contributed by atoms with van der Waals surface area (Å²) in [6.07, 6.45) is 0.455. The van der Waals surface area contributed by atoms with E-state index in [2.05, 4.69) is 51.8 Å². The summed E-state index contributed by atoms with van der Waals surface area (Å²) in [4.78, 5) is 29.7. The highest BCUT2D eigenvalue weighted by Crippen LogP contribution is 2.29. The molecule has 0 heterocycles. The maximum Gasteiger partial charge on any atom is 0.228 e. The largest absolute Gasteiger partial charge is 0.377 e. The Hall–Kier alpha value is -2.04. The van der Waals surface area contributed by atoms with Gasteiger partial charge in [0.25, 0.3) is 0 Å². The average Bonchev–Trinajstić information content (AvgIpc) is 2.55. The number of nitrogens with one attached hydrogen (secondary N) is 1. The van der Waals surface area contributed by atoms with Crippen molar-refractivity contribution < 1.29 is 9.59 Å². The minimum absolute atomic E-state index is 0.00391. The molecule has 0 spiro atoms. The first-order valence-corrected chi connectivity index (χ1v) is 10.9. The lowest BCUT2D eigenvalue weighted by atomic mass is 9.91. The van der Waals surface area contributed by atoms with Gasteiger partial charge in [-0.15, -0.1) is 0 Å². The zero-order chi connectivity index (χ0) is 23.4. The van der Waals surface area contributed by atoms with Gasteiger partial charge >= 0.3 is 0 Å². The minimum Gasteiger partial charge on any atom is -0.377 e. The third-order valence-electron chi connectivity index (χ3n) is 5.24. The number of benzene rings is 1. The van der Waals surface area contributed by atoms with Crippen LogP contribution in [0.5, 0.6) is 0 Å². The topological polar surface area (TPSA) is 52.7 Å². The van der Waals surface area contributed by atoms with E-state index < -0.39 is 5.41 Å². The molecule has 1 aromatic rings. The van der Waals surface area contributed by atoms with Crippen LogP contribution in [0.4, 0.5) is 11.4 Å². The highest BCUT2D eigenvalue weighted by atomic mass is 16.2. The van der Waals surface area contributed by atoms with E-state index in [9.17, 15) is 9.59 Å². The third kappa shape index (κ3) is 7.66. The summed E-state index contributed by atoms with van der Waals surface area (Å²) in [6, 6.07) is 6.06. The molecule has 1 rings (SSSR count). The molecule has 170 valence electrons. The Morgan fingerprint density at radius 3 is 2.00 bits per heavy atom. The van der Waals surface area contributed by atoms with E-state index in [-0.39, 0.29) is 23.3 Å². The zero-order valence-corrected chi connectivity index (χ0v) is 21.0. The standard InChI is InChI=1S/C25H43N3O2/c1-17(2)18(3)28(23(30)25(7,8)9)16-19-14-20(12-13-21(19)27(10)11)26-22(29)15-24(4,5)6/h12-14,17-18H,15-16H2,1-11H3,(H,26,29). The predicted octanol–water partition coefficient (Wildman–Crippen LogP) is 5.55. The van der Waals surface area contributed by atoms with Crippen LogP contribution in [-0.4, -0.2) is 36.9 Å². The van der Waals surface area contributed by atoms with Gasteiger partial charge in [0.05, 0.1) is 0 Å². The summed E-state index contributed by atoms with van der Waals surface area (Å²) in [5.74, 6) is 0.480. The van der Waals surface area contributed by atoms with E-state index in [4.69, 9.17) is 0 Å². The maximum absolute atomic E-state index is 13.3. The Bertz CT molecular complexity index is 740. The SMILES string of the molecule is CC(C)C(C)N(Cc1cc(NC(=O)CC(C)(C)C)ccc1N(C)C)C(=O)C(C)(C)C. The van der Waals surface area contributed by atoms with Gasteiger partial charge in [-0.3, -0.25) is 9.59 Å². The van der Waals surface area contributed by atoms with Crippen molar-refractivity contribution >= 4 is 23.2 Å². The Kier molecular flexibility index (Phi) is 8.53. The number of carbonyl (C=O) groups is 2. The number of anilines is 2. The van der Waals surface area contributed by atoms with Crippen molar-refractivity contribution in [3.8, 4) is 0 Å². The normalized spacial score (nSPS) is 13.2. The van der Waals surface area contributed by atoms with Crippen molar-refractivity contribution in [3.05, 3.63) is 23.8 Å². The van der Waals surface area contributed by atoms with Gasteiger partial charge in [0.2, 0.25) is 11.8 Å². The van der Waals surface area contributed by atoms with Crippen LogP contribution < -0.4 is 10.2 Å². The summed E-state index contributed by atoms with van der Waals surface area (Å²) in [5.41, 5.74) is 2.31. The second kappa shape index (κ2) is 9.84. The van der Waals surface area contributed by atoms with E-state index in [1.54, 1.807) is 0 Å². The molecule has 0 aliphatic rings. The first-order valence-electron chi connectivity index (χ1n) is 10.9. The summed E-state index contributed by atoms with van der Waals surface area (Å²) in [5, 5.41) is 3.03. The average molecular weight is 418 g/mol. The van der Waals surface area contributed by atoms with Gasteiger partial charge in [0.1, 0.15) is 0 Å². The summed E-state index contributed by atoms with van der Waals surface area (Å²) >= 11 is 0. The molecule has 0 saturated heterocycles. The van der Waals surface area contributed by atoms with Gasteiger partial charge in [-0.25, -0.2) is 0 Å². The summed E-state index contributed by atoms with van der Waals surface area (Å²) in [6.45, 7) is 18.9. The Morgan fingerprint density at radius 2 is 1.57 bits per heavy atom. The van der Waals surface area contributed by atoms with E-state index in [1.165, 1.54) is 0 Å². The van der Waals surface area contributed by atoms with Crippen LogP contribution in [0, 0.1) is 16.7 Å². The number of amides is 2. The van der Waals surface area contributed by atoms with Gasteiger partial charge in [-0.05, 0) is 42.0 Å². The molecule has 0 aromatic heterocycles. The van der Waals surface area contributed by atoms with Crippen LogP contribution in [0.15, 0.2) is 18.2 Å². The van der Waals surface area contributed by atoms with Crippen molar-refractivity contribution in [2.45, 2.75) is 81.3 Å². The fourth-order valence-corrected chi connectivity index (χ4v) is 3.29. The monoisotopic (exact) mass is 417 g/mol. The van der Waals surface area contributed by atoms with Crippen molar-refractivity contribution in [2.24, 2.45) is 16.7 Å². The highest BCUT2D eigenvalue weighted by Gasteiger charge is 2.32. The molecule has 1 unspecified atom stereocenters. The van der Waals surface area contributed by atoms with Crippen molar-refractivity contribution in [1.82, 2.24) is 4.90 Å². The Morgan fingerprint density at radius 1 is 1.00 bits per heavy atom. The van der Waals surface area contributed by atoms with Crippen LogP contribution in [0.2, 0.25) is 0 Å². The van der Waals surface area contributed by atoms with Crippen LogP contribution in [-0.2, 0) is 16.1 Å². The second-order valence-electron chi connectivity index (χ2n) is 11.2. The number of rotatable bonds is 7. The lowest BCUT2D eigenvalue weighted by Crippen LogP contribution is -2.46. The molecule has 0 fully saturated rings. The highest BCUT2D eigenvalue weighted by molar-refractivity contribution is 5.91. The fourth-order valence-electron chi connectivity index (χ4n) is 3.29. The predicted molar refractivity (Wildman–Crippen MR) is 128 cm³/mol. The van der Waals surface area contributed by atoms with Crippen molar-refractivity contribution in [2.75, 3.05) is 24.3 Å². The summed E-state index contributed by atoms with van der Waals surface area (Å²) < 4.78 is 0. The van der Waals surface area contributed by atoms with E-state index in [0.29, 0.717) is 18.9 Å². The number of nitrogens with zero attached hydrogens (tertiary/aromatic N) is 2. The molecule has 5 nitrogen and oxygen atoms in total. The van der Waals surface area contributed by atoms with Gasteiger partial charge in [-0.2, -0.15) is 0 Å². The van der Waals surface area contributed by atoms with Gasteiger partial charge in [0.15, 0.2) is 0 Å². The van der Waals surface area contributed by atoms with Crippen molar-refractivity contribution in [3.63, 3.8) is 0 Å². The number of carbonyl (C=O) groups excluding carboxylic acids is 2. The molecular weight excluding hydrogens is 374 g/mol. The van der Waals surface area contributed by atoms with E-state index in [0.717, 1.165) is 16.9 Å². The molecule has 0 bridgehead atoms. The maximum atomic E-state index is 13.3. The zero-order valence-electron chi connectivity index (χ0n) is 21.0. The Balaban J connectivity index is 3.30. The smallest absolute Gasteiger partial charge is 0.228 e. The molecule has 0 aliphatic carbocycles. The molecule has 1 N–H and O–H groups in total. The molecule has 0 radical (unpaired) electrons. The van der Waals surface area contributed by atoms with Crippen LogP contribution in [0.1, 0.15) is 74.3 Å². The molecule has 2 amide bonds. The van der Waals surface area contributed by atoms with Gasteiger partial charge < -0.3 is 15.1 Å². The number of hydrogen-bond donors (Lipinski definition) is 1. The molecule has 1 aromatic carbocycles. The quantitative estimate of drug-likeness (QED) is 0.633. The molecule has 0 aliphatic heterocycles. The third-order valence-corrected chi connectivity index (χ3v) is 5.24. The van der Waals surface area contributed by atoms with E-state index in [1.807, 2.05) is 58.0 Å². The Labute approximate surface area is 184 Å².